The minimum atomic E-state index is -0.115. The van der Waals surface area contributed by atoms with Crippen LogP contribution in [-0.4, -0.2) is 15.0 Å². The van der Waals surface area contributed by atoms with Crippen LogP contribution in [0.2, 0.25) is 0 Å². The molecule has 3 rings (SSSR count). The van der Waals surface area contributed by atoms with E-state index in [-0.39, 0.29) is 5.56 Å². The van der Waals surface area contributed by atoms with E-state index < -0.39 is 0 Å². The second-order valence-corrected chi connectivity index (χ2v) is 4.10. The van der Waals surface area contributed by atoms with Crippen molar-refractivity contribution in [3.05, 3.63) is 58.8 Å². The van der Waals surface area contributed by atoms with Gasteiger partial charge in [0, 0.05) is 11.8 Å². The lowest BCUT2D eigenvalue weighted by atomic mass is 10.1. The Bertz CT molecular complexity index is 763. The minimum absolute atomic E-state index is 0.115. The summed E-state index contributed by atoms with van der Waals surface area (Å²) < 4.78 is 0. The minimum Gasteiger partial charge on any atom is -0.310 e. The van der Waals surface area contributed by atoms with Gasteiger partial charge in [0.2, 0.25) is 0 Å². The molecule has 4 nitrogen and oxygen atoms in total. The van der Waals surface area contributed by atoms with Crippen LogP contribution in [-0.2, 0) is 0 Å². The smallest absolute Gasteiger partial charge is 0.258 e. The maximum absolute atomic E-state index is 11.9. The van der Waals surface area contributed by atoms with Crippen molar-refractivity contribution in [1.29, 1.82) is 0 Å². The first-order valence-electron chi connectivity index (χ1n) is 5.66. The third kappa shape index (κ3) is 1.78. The average molecular weight is 237 g/mol. The van der Waals surface area contributed by atoms with Gasteiger partial charge in [-0.2, -0.15) is 0 Å². The fourth-order valence-electron chi connectivity index (χ4n) is 1.95. The van der Waals surface area contributed by atoms with Crippen LogP contribution in [0.3, 0.4) is 0 Å². The summed E-state index contributed by atoms with van der Waals surface area (Å²) in [6, 6.07) is 11.3. The van der Waals surface area contributed by atoms with Gasteiger partial charge in [0.1, 0.15) is 5.82 Å². The van der Waals surface area contributed by atoms with Crippen LogP contribution < -0.4 is 5.56 Å². The van der Waals surface area contributed by atoms with Crippen LogP contribution >= 0.6 is 0 Å². The Balaban J connectivity index is 2.27. The summed E-state index contributed by atoms with van der Waals surface area (Å²) in [6.07, 6.45) is 1.73. The number of benzene rings is 1. The molecule has 0 unspecified atom stereocenters. The molecule has 18 heavy (non-hydrogen) atoms. The lowest BCUT2D eigenvalue weighted by Crippen LogP contribution is -2.09. The number of rotatable bonds is 1. The van der Waals surface area contributed by atoms with Crippen LogP contribution in [0.1, 0.15) is 5.82 Å². The molecule has 0 fully saturated rings. The monoisotopic (exact) mass is 237 g/mol. The van der Waals surface area contributed by atoms with Gasteiger partial charge in [-0.25, -0.2) is 4.98 Å². The summed E-state index contributed by atoms with van der Waals surface area (Å²) in [5, 5.41) is 0.587. The Morgan fingerprint density at radius 3 is 2.83 bits per heavy atom. The third-order valence-corrected chi connectivity index (χ3v) is 2.78. The quantitative estimate of drug-likeness (QED) is 0.706. The Morgan fingerprint density at radius 1 is 1.17 bits per heavy atom. The number of aromatic nitrogens is 3. The van der Waals surface area contributed by atoms with Gasteiger partial charge in [0.25, 0.3) is 5.56 Å². The second-order valence-electron chi connectivity index (χ2n) is 4.10. The molecule has 2 aromatic heterocycles. The molecule has 0 aliphatic heterocycles. The molecule has 0 atom stereocenters. The molecule has 0 saturated heterocycles. The van der Waals surface area contributed by atoms with E-state index in [4.69, 9.17) is 0 Å². The number of aryl methyl sites for hydroxylation is 1. The van der Waals surface area contributed by atoms with Crippen molar-refractivity contribution in [3.8, 4) is 11.3 Å². The van der Waals surface area contributed by atoms with Crippen molar-refractivity contribution in [2.45, 2.75) is 6.92 Å². The molecule has 0 bridgehead atoms. The molecule has 88 valence electrons. The van der Waals surface area contributed by atoms with Crippen LogP contribution in [0.5, 0.6) is 0 Å². The van der Waals surface area contributed by atoms with E-state index in [9.17, 15) is 4.79 Å². The molecule has 1 N–H and O–H groups in total. The van der Waals surface area contributed by atoms with Crippen molar-refractivity contribution in [2.24, 2.45) is 0 Å². The van der Waals surface area contributed by atoms with Gasteiger partial charge in [0.05, 0.1) is 16.6 Å². The summed E-state index contributed by atoms with van der Waals surface area (Å²) in [4.78, 5) is 23.1. The summed E-state index contributed by atoms with van der Waals surface area (Å²) in [5.41, 5.74) is 2.35. The maximum Gasteiger partial charge on any atom is 0.258 e. The molecule has 0 radical (unpaired) electrons. The van der Waals surface area contributed by atoms with Crippen molar-refractivity contribution in [2.75, 3.05) is 0 Å². The SMILES string of the molecule is Cc1nc2ccc(-c3ccccn3)cc2c(=O)[nH]1. The molecule has 2 heterocycles. The topological polar surface area (TPSA) is 58.6 Å². The Kier molecular flexibility index (Phi) is 2.41. The van der Waals surface area contributed by atoms with Gasteiger partial charge < -0.3 is 4.98 Å². The Labute approximate surface area is 103 Å². The van der Waals surface area contributed by atoms with E-state index in [1.54, 1.807) is 13.1 Å². The summed E-state index contributed by atoms with van der Waals surface area (Å²) in [7, 11) is 0. The molecule has 0 aliphatic rings. The van der Waals surface area contributed by atoms with Crippen LogP contribution in [0.4, 0.5) is 0 Å². The highest BCUT2D eigenvalue weighted by Gasteiger charge is 2.04. The van der Waals surface area contributed by atoms with E-state index >= 15 is 0 Å². The summed E-state index contributed by atoms with van der Waals surface area (Å²) >= 11 is 0. The zero-order valence-electron chi connectivity index (χ0n) is 9.84. The van der Waals surface area contributed by atoms with Crippen molar-refractivity contribution < 1.29 is 0 Å². The highest BCUT2D eigenvalue weighted by atomic mass is 16.1. The third-order valence-electron chi connectivity index (χ3n) is 2.78. The highest BCUT2D eigenvalue weighted by Crippen LogP contribution is 2.19. The lowest BCUT2D eigenvalue weighted by molar-refractivity contribution is 1.06. The summed E-state index contributed by atoms with van der Waals surface area (Å²) in [6.45, 7) is 1.77. The molecular weight excluding hydrogens is 226 g/mol. The number of nitrogens with zero attached hydrogens (tertiary/aromatic N) is 2. The van der Waals surface area contributed by atoms with E-state index in [0.29, 0.717) is 16.7 Å². The van der Waals surface area contributed by atoms with Gasteiger partial charge in [-0.1, -0.05) is 12.1 Å². The fourth-order valence-corrected chi connectivity index (χ4v) is 1.95. The molecule has 4 heteroatoms. The first-order chi connectivity index (χ1) is 8.74. The first kappa shape index (κ1) is 10.7. The van der Waals surface area contributed by atoms with Crippen molar-refractivity contribution in [3.63, 3.8) is 0 Å². The Morgan fingerprint density at radius 2 is 2.06 bits per heavy atom. The molecule has 0 amide bonds. The number of nitrogens with one attached hydrogen (secondary N) is 1. The lowest BCUT2D eigenvalue weighted by Gasteiger charge is -2.03. The van der Waals surface area contributed by atoms with E-state index in [0.717, 1.165) is 11.3 Å². The number of aromatic amines is 1. The van der Waals surface area contributed by atoms with E-state index in [2.05, 4.69) is 15.0 Å². The van der Waals surface area contributed by atoms with Gasteiger partial charge in [-0.3, -0.25) is 9.78 Å². The van der Waals surface area contributed by atoms with Gasteiger partial charge >= 0.3 is 0 Å². The van der Waals surface area contributed by atoms with E-state index in [1.165, 1.54) is 0 Å². The number of fused-ring (bicyclic) bond motifs is 1. The zero-order chi connectivity index (χ0) is 12.5. The molecule has 0 spiro atoms. The number of H-pyrrole nitrogens is 1. The van der Waals surface area contributed by atoms with Crippen LogP contribution in [0.15, 0.2) is 47.4 Å². The van der Waals surface area contributed by atoms with Crippen molar-refractivity contribution >= 4 is 10.9 Å². The zero-order valence-corrected chi connectivity index (χ0v) is 9.84. The largest absolute Gasteiger partial charge is 0.310 e. The second kappa shape index (κ2) is 4.07. The average Bonchev–Trinajstić information content (AvgIpc) is 2.39. The molecule has 1 aromatic carbocycles. The van der Waals surface area contributed by atoms with Crippen LogP contribution in [0.25, 0.3) is 22.2 Å². The number of hydrogen-bond donors (Lipinski definition) is 1. The van der Waals surface area contributed by atoms with Crippen molar-refractivity contribution in [1.82, 2.24) is 15.0 Å². The summed E-state index contributed by atoms with van der Waals surface area (Å²) in [5.74, 6) is 0.623. The van der Waals surface area contributed by atoms with Gasteiger partial charge in [-0.15, -0.1) is 0 Å². The van der Waals surface area contributed by atoms with Gasteiger partial charge in [-0.05, 0) is 31.2 Å². The van der Waals surface area contributed by atoms with E-state index in [1.807, 2.05) is 36.4 Å². The fraction of sp³-hybridized carbons (Fsp3) is 0.0714. The molecular formula is C14H11N3O. The number of hydrogen-bond acceptors (Lipinski definition) is 3. The normalized spacial score (nSPS) is 10.7. The molecule has 0 aliphatic carbocycles. The molecule has 3 aromatic rings. The maximum atomic E-state index is 11.9. The highest BCUT2D eigenvalue weighted by molar-refractivity contribution is 5.82. The molecule has 0 saturated carbocycles. The predicted octanol–water partition coefficient (Wildman–Crippen LogP) is 2.29. The first-order valence-corrected chi connectivity index (χ1v) is 5.66. The standard InChI is InChI=1S/C14H11N3O/c1-9-16-13-6-5-10(8-11(13)14(18)17-9)12-4-2-3-7-15-12/h2-8H,1H3,(H,16,17,18). The Hall–Kier alpha value is -2.49. The van der Waals surface area contributed by atoms with Crippen LogP contribution in [0, 0.1) is 6.92 Å². The van der Waals surface area contributed by atoms with Gasteiger partial charge in [0.15, 0.2) is 0 Å². The predicted molar refractivity (Wildman–Crippen MR) is 70.3 cm³/mol. The number of pyridine rings is 1.